The fraction of sp³-hybridized carbons (Fsp3) is 0.143. The van der Waals surface area contributed by atoms with Gasteiger partial charge in [-0.1, -0.05) is 23.7 Å². The molecule has 0 heterocycles. The largest absolute Gasteiger partial charge is 0.229 e. The molecule has 1 aromatic carbocycles. The van der Waals surface area contributed by atoms with Crippen LogP contribution in [0.25, 0.3) is 0 Å². The Balaban J connectivity index is 3.15. The lowest BCUT2D eigenvalue weighted by Gasteiger charge is -2.12. The van der Waals surface area contributed by atoms with E-state index in [0.717, 1.165) is 5.56 Å². The fourth-order valence-corrected chi connectivity index (χ4v) is 1.96. The van der Waals surface area contributed by atoms with Crippen LogP contribution in [0.3, 0.4) is 0 Å². The molecule has 0 fully saturated rings. The van der Waals surface area contributed by atoms with Crippen molar-refractivity contribution >= 4 is 67.5 Å². The molecule has 0 aliphatic heterocycles. The maximum absolute atomic E-state index is 10.9. The highest BCUT2D eigenvalue weighted by molar-refractivity contribution is 14.2. The average molecular weight is 442 g/mol. The van der Waals surface area contributed by atoms with E-state index >= 15 is 0 Å². The second-order valence-electron chi connectivity index (χ2n) is 2.31. The Morgan fingerprint density at radius 3 is 2.00 bits per heavy atom. The molecule has 0 aliphatic rings. The van der Waals surface area contributed by atoms with E-state index in [4.69, 9.17) is 11.6 Å². The molecule has 0 amide bonds. The van der Waals surface area contributed by atoms with Crippen molar-refractivity contribution in [3.63, 3.8) is 0 Å². The van der Waals surface area contributed by atoms with E-state index in [1.807, 2.05) is 45.2 Å². The lowest BCUT2D eigenvalue weighted by Crippen LogP contribution is -2.09. The van der Waals surface area contributed by atoms with Gasteiger partial charge in [-0.25, -0.2) is 8.42 Å². The third-order valence-electron chi connectivity index (χ3n) is 1.42. The Bertz CT molecular complexity index is 365. The Hall–Kier alpha value is 0.920. The number of rotatable bonds is 2. The predicted octanol–water partition coefficient (Wildman–Crippen LogP) is 2.93. The molecule has 0 saturated heterocycles. The van der Waals surface area contributed by atoms with Crippen molar-refractivity contribution in [2.45, 2.75) is 0.760 Å². The summed E-state index contributed by atoms with van der Waals surface area (Å²) in [4.78, 5) is 0. The minimum Gasteiger partial charge on any atom is -0.229 e. The standard InChI is InChI=1S/C7H5ClI2O2S/c8-6-3-1-5(2-4-6)7(9,10)13(11)12/h1-4,13H. The van der Waals surface area contributed by atoms with Crippen LogP contribution in [0.4, 0.5) is 0 Å². The zero-order chi connectivity index (χ0) is 10.1. The highest BCUT2D eigenvalue weighted by Gasteiger charge is 2.28. The molecule has 0 bridgehead atoms. The van der Waals surface area contributed by atoms with Crippen LogP contribution in [0, 0.1) is 0 Å². The van der Waals surface area contributed by atoms with Crippen molar-refractivity contribution < 1.29 is 8.42 Å². The molecule has 0 radical (unpaired) electrons. The van der Waals surface area contributed by atoms with E-state index in [-0.39, 0.29) is 0 Å². The minimum atomic E-state index is -2.50. The summed E-state index contributed by atoms with van der Waals surface area (Å²) >= 11 is 9.47. The maximum atomic E-state index is 10.9. The number of halogens is 3. The third-order valence-corrected chi connectivity index (χ3v) is 6.00. The molecule has 13 heavy (non-hydrogen) atoms. The van der Waals surface area contributed by atoms with Crippen LogP contribution in [0.5, 0.6) is 0 Å². The van der Waals surface area contributed by atoms with Crippen LogP contribution in [-0.2, 0) is 11.5 Å². The van der Waals surface area contributed by atoms with Gasteiger partial charge in [0.2, 0.25) is 0 Å². The van der Waals surface area contributed by atoms with Gasteiger partial charge in [-0.2, -0.15) is 0 Å². The van der Waals surface area contributed by atoms with Crippen LogP contribution in [0.2, 0.25) is 5.02 Å². The maximum Gasteiger partial charge on any atom is 0.195 e. The lowest BCUT2D eigenvalue weighted by molar-refractivity contribution is 0.613. The van der Waals surface area contributed by atoms with Gasteiger partial charge in [-0.05, 0) is 62.9 Å². The average Bonchev–Trinajstić information content (AvgIpc) is 2.04. The molecule has 0 spiro atoms. The Morgan fingerprint density at radius 1 is 1.15 bits per heavy atom. The first-order chi connectivity index (χ1) is 5.94. The van der Waals surface area contributed by atoms with E-state index in [1.165, 1.54) is 0 Å². The molecule has 0 unspecified atom stereocenters. The molecule has 6 heteroatoms. The van der Waals surface area contributed by atoms with Crippen LogP contribution >= 0.6 is 56.8 Å². The van der Waals surface area contributed by atoms with E-state index in [2.05, 4.69) is 0 Å². The first kappa shape index (κ1) is 12.0. The normalized spacial score (nSPS) is 12.0. The monoisotopic (exact) mass is 442 g/mol. The Morgan fingerprint density at radius 2 is 1.62 bits per heavy atom. The summed E-state index contributed by atoms with van der Waals surface area (Å²) in [5.41, 5.74) is 0.731. The van der Waals surface area contributed by atoms with Gasteiger partial charge in [0.25, 0.3) is 0 Å². The summed E-state index contributed by atoms with van der Waals surface area (Å²) in [5, 5.41) is 0.605. The van der Waals surface area contributed by atoms with Crippen molar-refractivity contribution in [2.75, 3.05) is 0 Å². The van der Waals surface area contributed by atoms with E-state index in [0.29, 0.717) is 5.02 Å². The van der Waals surface area contributed by atoms with E-state index in [1.54, 1.807) is 24.3 Å². The van der Waals surface area contributed by atoms with Crippen molar-refractivity contribution in [2.24, 2.45) is 0 Å². The second-order valence-corrected chi connectivity index (χ2v) is 10.9. The van der Waals surface area contributed by atoms with Crippen LogP contribution in [-0.4, -0.2) is 8.42 Å². The SMILES string of the molecule is O=[SH](=O)C(I)(I)c1ccc(Cl)cc1. The quantitative estimate of drug-likeness (QED) is 0.434. The molecule has 1 aromatic rings. The molecular formula is C7H5ClI2O2S. The van der Waals surface area contributed by atoms with Gasteiger partial charge >= 0.3 is 0 Å². The van der Waals surface area contributed by atoms with Crippen LogP contribution < -0.4 is 0 Å². The van der Waals surface area contributed by atoms with Crippen molar-refractivity contribution in [1.29, 1.82) is 0 Å². The summed E-state index contributed by atoms with van der Waals surface area (Å²) in [6, 6.07) is 6.79. The van der Waals surface area contributed by atoms with Gasteiger partial charge < -0.3 is 0 Å². The Kier molecular flexibility index (Phi) is 4.27. The molecule has 0 N–H and O–H groups in total. The molecule has 1 rings (SSSR count). The molecule has 2 nitrogen and oxygen atoms in total. The number of benzene rings is 1. The first-order valence-electron chi connectivity index (χ1n) is 3.23. The first-order valence-corrected chi connectivity index (χ1v) is 6.94. The van der Waals surface area contributed by atoms with Gasteiger partial charge in [0, 0.05) is 5.02 Å². The zero-order valence-electron chi connectivity index (χ0n) is 6.21. The molecule has 0 aliphatic carbocycles. The molecule has 72 valence electrons. The number of hydrogen-bond acceptors (Lipinski definition) is 2. The minimum absolute atomic E-state index is 0.605. The number of hydrogen-bond donors (Lipinski definition) is 1. The van der Waals surface area contributed by atoms with E-state index in [9.17, 15) is 8.42 Å². The van der Waals surface area contributed by atoms with Gasteiger partial charge in [-0.3, -0.25) is 0 Å². The summed E-state index contributed by atoms with van der Waals surface area (Å²) in [5.74, 6) is 0. The van der Waals surface area contributed by atoms with Gasteiger partial charge in [0.1, 0.15) is 0 Å². The smallest absolute Gasteiger partial charge is 0.195 e. The molecule has 0 aromatic heterocycles. The third kappa shape index (κ3) is 2.93. The van der Waals surface area contributed by atoms with Gasteiger partial charge in [0.15, 0.2) is 11.5 Å². The summed E-state index contributed by atoms with van der Waals surface area (Å²) in [7, 11) is -2.50. The lowest BCUT2D eigenvalue weighted by atomic mass is 10.2. The molecular weight excluding hydrogens is 437 g/mol. The fourth-order valence-electron chi connectivity index (χ4n) is 0.756. The summed E-state index contributed by atoms with van der Waals surface area (Å²) in [6.45, 7) is 0. The Labute approximate surface area is 110 Å². The molecule has 0 atom stereocenters. The highest BCUT2D eigenvalue weighted by atomic mass is 127. The van der Waals surface area contributed by atoms with E-state index < -0.39 is 11.5 Å². The van der Waals surface area contributed by atoms with Gasteiger partial charge in [0.05, 0.1) is 0 Å². The molecule has 0 saturated carbocycles. The van der Waals surface area contributed by atoms with Crippen molar-refractivity contribution in [1.82, 2.24) is 0 Å². The topological polar surface area (TPSA) is 34.1 Å². The zero-order valence-corrected chi connectivity index (χ0v) is 12.2. The summed E-state index contributed by atoms with van der Waals surface area (Å²) in [6.07, 6.45) is 0. The van der Waals surface area contributed by atoms with Crippen LogP contribution in [0.1, 0.15) is 5.56 Å². The highest BCUT2D eigenvalue weighted by Crippen LogP contribution is 2.40. The van der Waals surface area contributed by atoms with Crippen molar-refractivity contribution in [3.8, 4) is 0 Å². The number of thiol groups is 1. The summed E-state index contributed by atoms with van der Waals surface area (Å²) < 4.78 is 20.9. The van der Waals surface area contributed by atoms with Gasteiger partial charge in [-0.15, -0.1) is 0 Å². The van der Waals surface area contributed by atoms with Crippen molar-refractivity contribution in [3.05, 3.63) is 34.9 Å². The second kappa shape index (κ2) is 4.63. The predicted molar refractivity (Wildman–Crippen MR) is 71.5 cm³/mol. The number of alkyl halides is 2. The van der Waals surface area contributed by atoms with Crippen LogP contribution in [0.15, 0.2) is 24.3 Å².